The second-order valence-electron chi connectivity index (χ2n) is 2.67. The average Bonchev–Trinajstić information content (AvgIpc) is 2.08. The molecule has 4 nitrogen and oxygen atoms in total. The van der Waals surface area contributed by atoms with Gasteiger partial charge in [-0.1, -0.05) is 0 Å². The molecule has 2 heterocycles. The second kappa shape index (κ2) is 2.92. The van der Waals surface area contributed by atoms with Crippen molar-refractivity contribution in [3.63, 3.8) is 0 Å². The smallest absolute Gasteiger partial charge is 0.270 e. The van der Waals surface area contributed by atoms with Gasteiger partial charge in [0.2, 0.25) is 0 Å². The summed E-state index contributed by atoms with van der Waals surface area (Å²) in [6.07, 6.45) is 1.62. The number of halogens is 1. The highest BCUT2D eigenvalue weighted by Crippen LogP contribution is 2.12. The van der Waals surface area contributed by atoms with Gasteiger partial charge < -0.3 is 4.98 Å². The number of aromatic amines is 1. The lowest BCUT2D eigenvalue weighted by molar-refractivity contribution is 1.09. The molecule has 66 valence electrons. The van der Waals surface area contributed by atoms with Crippen LogP contribution >= 0.6 is 15.9 Å². The molecule has 0 radical (unpaired) electrons. The lowest BCUT2D eigenvalue weighted by atomic mass is 10.4. The number of rotatable bonds is 0. The SMILES string of the molecule is Cc1nc2cc(Br)cnc2[nH]c1=O. The van der Waals surface area contributed by atoms with E-state index in [1.54, 1.807) is 13.1 Å². The van der Waals surface area contributed by atoms with E-state index in [0.29, 0.717) is 16.9 Å². The lowest BCUT2D eigenvalue weighted by Crippen LogP contribution is -2.11. The molecule has 2 aromatic rings. The predicted octanol–water partition coefficient (Wildman–Crippen LogP) is 1.39. The number of aryl methyl sites for hydroxylation is 1. The van der Waals surface area contributed by atoms with E-state index >= 15 is 0 Å². The summed E-state index contributed by atoms with van der Waals surface area (Å²) in [6, 6.07) is 1.81. The van der Waals surface area contributed by atoms with Crippen molar-refractivity contribution >= 4 is 27.1 Å². The fraction of sp³-hybridized carbons (Fsp3) is 0.125. The summed E-state index contributed by atoms with van der Waals surface area (Å²) in [5, 5.41) is 0. The third kappa shape index (κ3) is 1.47. The summed E-state index contributed by atoms with van der Waals surface area (Å²) in [5.41, 5.74) is 1.46. The van der Waals surface area contributed by atoms with E-state index in [9.17, 15) is 4.79 Å². The number of fused-ring (bicyclic) bond motifs is 1. The molecule has 2 rings (SSSR count). The highest BCUT2D eigenvalue weighted by molar-refractivity contribution is 9.10. The van der Waals surface area contributed by atoms with Crippen LogP contribution in [-0.4, -0.2) is 15.0 Å². The Morgan fingerprint density at radius 2 is 2.31 bits per heavy atom. The molecular formula is C8H6BrN3O. The number of pyridine rings is 1. The normalized spacial score (nSPS) is 10.6. The van der Waals surface area contributed by atoms with Crippen molar-refractivity contribution in [1.82, 2.24) is 15.0 Å². The molecule has 0 fully saturated rings. The van der Waals surface area contributed by atoms with Gasteiger partial charge in [-0.25, -0.2) is 9.97 Å². The molecule has 0 aromatic carbocycles. The minimum absolute atomic E-state index is 0.192. The van der Waals surface area contributed by atoms with E-state index in [1.807, 2.05) is 6.07 Å². The molecule has 13 heavy (non-hydrogen) atoms. The molecule has 0 aliphatic carbocycles. The van der Waals surface area contributed by atoms with E-state index in [4.69, 9.17) is 0 Å². The fourth-order valence-electron chi connectivity index (χ4n) is 1.04. The van der Waals surface area contributed by atoms with Crippen molar-refractivity contribution in [2.75, 3.05) is 0 Å². The van der Waals surface area contributed by atoms with Gasteiger partial charge in [0.15, 0.2) is 5.65 Å². The Kier molecular flexibility index (Phi) is 1.88. The number of hydrogen-bond acceptors (Lipinski definition) is 3. The van der Waals surface area contributed by atoms with Crippen molar-refractivity contribution < 1.29 is 0 Å². The second-order valence-corrected chi connectivity index (χ2v) is 3.59. The summed E-state index contributed by atoms with van der Waals surface area (Å²) in [4.78, 5) is 21.9. The molecule has 0 saturated heterocycles. The van der Waals surface area contributed by atoms with Crippen molar-refractivity contribution in [1.29, 1.82) is 0 Å². The first-order chi connectivity index (χ1) is 6.16. The first kappa shape index (κ1) is 8.37. The van der Waals surface area contributed by atoms with Gasteiger partial charge in [-0.05, 0) is 28.9 Å². The van der Waals surface area contributed by atoms with Crippen LogP contribution in [0, 0.1) is 6.92 Å². The minimum Gasteiger partial charge on any atom is -0.304 e. The summed E-state index contributed by atoms with van der Waals surface area (Å²) in [7, 11) is 0. The van der Waals surface area contributed by atoms with Crippen molar-refractivity contribution in [3.8, 4) is 0 Å². The van der Waals surface area contributed by atoms with E-state index in [0.717, 1.165) is 4.47 Å². The number of H-pyrrole nitrogens is 1. The van der Waals surface area contributed by atoms with Crippen LogP contribution in [0.25, 0.3) is 11.2 Å². The Bertz CT molecular complexity index is 520. The molecule has 0 saturated carbocycles. The molecular weight excluding hydrogens is 234 g/mol. The third-order valence-corrected chi connectivity index (χ3v) is 2.12. The molecule has 0 unspecified atom stereocenters. The molecule has 0 bridgehead atoms. The number of nitrogens with one attached hydrogen (secondary N) is 1. The summed E-state index contributed by atoms with van der Waals surface area (Å²) < 4.78 is 0.846. The largest absolute Gasteiger partial charge is 0.304 e. The van der Waals surface area contributed by atoms with Crippen LogP contribution < -0.4 is 5.56 Å². The van der Waals surface area contributed by atoms with Crippen LogP contribution in [0.2, 0.25) is 0 Å². The molecule has 0 spiro atoms. The van der Waals surface area contributed by atoms with Gasteiger partial charge in [-0.3, -0.25) is 4.79 Å². The Morgan fingerprint density at radius 3 is 3.08 bits per heavy atom. The van der Waals surface area contributed by atoms with Gasteiger partial charge in [0, 0.05) is 10.7 Å². The fourth-order valence-corrected chi connectivity index (χ4v) is 1.36. The number of aromatic nitrogens is 3. The molecule has 5 heteroatoms. The van der Waals surface area contributed by atoms with E-state index in [2.05, 4.69) is 30.9 Å². The van der Waals surface area contributed by atoms with Crippen LogP contribution in [0.1, 0.15) is 5.69 Å². The van der Waals surface area contributed by atoms with Crippen LogP contribution in [-0.2, 0) is 0 Å². The monoisotopic (exact) mass is 239 g/mol. The Hall–Kier alpha value is -1.23. The van der Waals surface area contributed by atoms with Gasteiger partial charge in [-0.15, -0.1) is 0 Å². The molecule has 0 atom stereocenters. The predicted molar refractivity (Wildman–Crippen MR) is 52.6 cm³/mol. The minimum atomic E-state index is -0.192. The molecule has 2 aromatic heterocycles. The van der Waals surface area contributed by atoms with Crippen LogP contribution in [0.4, 0.5) is 0 Å². The summed E-state index contributed by atoms with van der Waals surface area (Å²) >= 11 is 3.28. The zero-order valence-corrected chi connectivity index (χ0v) is 8.42. The van der Waals surface area contributed by atoms with Crippen LogP contribution in [0.3, 0.4) is 0 Å². The standard InChI is InChI=1S/C8H6BrN3O/c1-4-8(13)12-7-6(11-4)2-5(9)3-10-7/h2-3H,1H3,(H,10,12,13). The highest BCUT2D eigenvalue weighted by Gasteiger charge is 2.00. The first-order valence-electron chi connectivity index (χ1n) is 3.69. The van der Waals surface area contributed by atoms with Crippen LogP contribution in [0.5, 0.6) is 0 Å². The third-order valence-electron chi connectivity index (χ3n) is 1.68. The van der Waals surface area contributed by atoms with Crippen LogP contribution in [0.15, 0.2) is 21.5 Å². The maximum Gasteiger partial charge on any atom is 0.270 e. The van der Waals surface area contributed by atoms with Gasteiger partial charge in [-0.2, -0.15) is 0 Å². The molecule has 0 amide bonds. The maximum atomic E-state index is 11.1. The Labute approximate surface area is 82.2 Å². The lowest BCUT2D eigenvalue weighted by Gasteiger charge is -1.97. The zero-order valence-electron chi connectivity index (χ0n) is 6.84. The Balaban J connectivity index is 2.89. The summed E-state index contributed by atoms with van der Waals surface area (Å²) in [5.74, 6) is 0. The average molecular weight is 240 g/mol. The zero-order chi connectivity index (χ0) is 9.42. The molecule has 0 aliphatic heterocycles. The van der Waals surface area contributed by atoms with Crippen molar-refractivity contribution in [3.05, 3.63) is 32.8 Å². The molecule has 1 N–H and O–H groups in total. The topological polar surface area (TPSA) is 58.6 Å². The van der Waals surface area contributed by atoms with Gasteiger partial charge in [0.25, 0.3) is 5.56 Å². The quantitative estimate of drug-likeness (QED) is 0.756. The first-order valence-corrected chi connectivity index (χ1v) is 4.48. The maximum absolute atomic E-state index is 11.1. The molecule has 0 aliphatic rings. The van der Waals surface area contributed by atoms with E-state index in [-0.39, 0.29) is 5.56 Å². The van der Waals surface area contributed by atoms with Gasteiger partial charge in [0.1, 0.15) is 11.2 Å². The van der Waals surface area contributed by atoms with Crippen molar-refractivity contribution in [2.24, 2.45) is 0 Å². The van der Waals surface area contributed by atoms with E-state index < -0.39 is 0 Å². The van der Waals surface area contributed by atoms with Gasteiger partial charge in [0.05, 0.1) is 0 Å². The van der Waals surface area contributed by atoms with Crippen molar-refractivity contribution in [2.45, 2.75) is 6.92 Å². The number of hydrogen-bond donors (Lipinski definition) is 1. The van der Waals surface area contributed by atoms with E-state index in [1.165, 1.54) is 0 Å². The summed E-state index contributed by atoms with van der Waals surface area (Å²) in [6.45, 7) is 1.67. The van der Waals surface area contributed by atoms with Gasteiger partial charge >= 0.3 is 0 Å². The number of nitrogens with zero attached hydrogens (tertiary/aromatic N) is 2. The highest BCUT2D eigenvalue weighted by atomic mass is 79.9. The Morgan fingerprint density at radius 1 is 1.54 bits per heavy atom.